The maximum atomic E-state index is 11.8. The minimum atomic E-state index is -1.17. The number of amides is 2. The maximum absolute atomic E-state index is 11.8. The number of methoxy groups -OCH3 is 1. The van der Waals surface area contributed by atoms with E-state index in [9.17, 15) is 14.4 Å². The van der Waals surface area contributed by atoms with Crippen LogP contribution in [0.4, 0.5) is 4.79 Å². The molecule has 1 rings (SSSR count). The lowest BCUT2D eigenvalue weighted by Gasteiger charge is -2.17. The molecule has 1 fully saturated rings. The smallest absolute Gasteiger partial charge is 0.326 e. The zero-order valence-corrected chi connectivity index (χ0v) is 12.0. The average molecular weight is 302 g/mol. The summed E-state index contributed by atoms with van der Waals surface area (Å²) < 4.78 is 5.20. The van der Waals surface area contributed by atoms with E-state index in [1.165, 1.54) is 0 Å². The lowest BCUT2D eigenvalue weighted by atomic mass is 10.1. The highest BCUT2D eigenvalue weighted by Crippen LogP contribution is 2.21. The molecular weight excluding hydrogens is 280 g/mol. The third-order valence-electron chi connectivity index (χ3n) is 3.54. The van der Waals surface area contributed by atoms with Crippen LogP contribution in [0.2, 0.25) is 0 Å². The third kappa shape index (κ3) is 6.44. The van der Waals surface area contributed by atoms with Crippen LogP contribution in [0, 0.1) is 0 Å². The van der Waals surface area contributed by atoms with Gasteiger partial charge in [0.2, 0.25) is 0 Å². The molecule has 8 heteroatoms. The fourth-order valence-electron chi connectivity index (χ4n) is 2.39. The molecule has 21 heavy (non-hydrogen) atoms. The van der Waals surface area contributed by atoms with E-state index in [2.05, 4.69) is 10.6 Å². The topological polar surface area (TPSA) is 125 Å². The van der Waals surface area contributed by atoms with Crippen LogP contribution >= 0.6 is 0 Å². The van der Waals surface area contributed by atoms with Gasteiger partial charge in [0.25, 0.3) is 0 Å². The van der Waals surface area contributed by atoms with E-state index in [0.29, 0.717) is 6.42 Å². The van der Waals surface area contributed by atoms with Gasteiger partial charge in [0.05, 0.1) is 6.10 Å². The van der Waals surface area contributed by atoms with Crippen molar-refractivity contribution in [1.82, 2.24) is 10.6 Å². The summed E-state index contributed by atoms with van der Waals surface area (Å²) in [6, 6.07) is -1.65. The number of nitrogens with one attached hydrogen (secondary N) is 2. The Bertz CT molecular complexity index is 387. The lowest BCUT2D eigenvalue weighted by Crippen LogP contribution is -2.48. The van der Waals surface area contributed by atoms with Crippen LogP contribution in [0.1, 0.15) is 38.5 Å². The number of carbonyl (C=O) groups is 3. The highest BCUT2D eigenvalue weighted by atomic mass is 16.5. The number of rotatable bonds is 8. The van der Waals surface area contributed by atoms with Crippen molar-refractivity contribution in [2.45, 2.75) is 56.7 Å². The van der Waals surface area contributed by atoms with Gasteiger partial charge < -0.3 is 25.6 Å². The molecule has 0 saturated heterocycles. The highest BCUT2D eigenvalue weighted by Gasteiger charge is 2.27. The third-order valence-corrected chi connectivity index (χ3v) is 3.54. The normalized spacial score (nSPS) is 22.5. The maximum Gasteiger partial charge on any atom is 0.326 e. The van der Waals surface area contributed by atoms with Crippen LogP contribution in [0.15, 0.2) is 0 Å². The molecule has 2 amide bonds. The number of carboxylic acid groups (broad SMARTS) is 2. The monoisotopic (exact) mass is 302 g/mol. The van der Waals surface area contributed by atoms with Gasteiger partial charge in [-0.25, -0.2) is 9.59 Å². The Labute approximate surface area is 122 Å². The van der Waals surface area contributed by atoms with E-state index >= 15 is 0 Å². The van der Waals surface area contributed by atoms with Gasteiger partial charge >= 0.3 is 18.0 Å². The Balaban J connectivity index is 2.35. The molecule has 0 radical (unpaired) electrons. The first-order chi connectivity index (χ1) is 9.92. The van der Waals surface area contributed by atoms with Gasteiger partial charge in [-0.05, 0) is 32.1 Å². The van der Waals surface area contributed by atoms with Gasteiger partial charge in [0.15, 0.2) is 0 Å². The number of carbonyl (C=O) groups excluding carboxylic acids is 1. The second-order valence-corrected chi connectivity index (χ2v) is 5.16. The minimum absolute atomic E-state index is 0.0246. The van der Waals surface area contributed by atoms with Gasteiger partial charge in [0, 0.05) is 19.6 Å². The van der Waals surface area contributed by atoms with Crippen molar-refractivity contribution in [1.29, 1.82) is 0 Å². The Kier molecular flexibility index (Phi) is 6.93. The molecule has 2 unspecified atom stereocenters. The largest absolute Gasteiger partial charge is 0.481 e. The van der Waals surface area contributed by atoms with Crippen LogP contribution in [-0.4, -0.2) is 53.5 Å². The van der Waals surface area contributed by atoms with Gasteiger partial charge in [-0.1, -0.05) is 0 Å². The quantitative estimate of drug-likeness (QED) is 0.519. The molecule has 0 heterocycles. The SMILES string of the molecule is COC1CCC(NC(=O)N[C@H](CCCC(=O)O)C(=O)O)C1. The number of hydrogen-bond acceptors (Lipinski definition) is 4. The number of hydrogen-bond donors (Lipinski definition) is 4. The van der Waals surface area contributed by atoms with E-state index in [0.717, 1.165) is 12.8 Å². The summed E-state index contributed by atoms with van der Waals surface area (Å²) in [5, 5.41) is 22.6. The molecule has 1 saturated carbocycles. The molecule has 0 bridgehead atoms. The Morgan fingerprint density at radius 3 is 2.52 bits per heavy atom. The summed E-state index contributed by atoms with van der Waals surface area (Å²) in [5.41, 5.74) is 0. The fraction of sp³-hybridized carbons (Fsp3) is 0.769. The molecule has 4 N–H and O–H groups in total. The average Bonchev–Trinajstić information content (AvgIpc) is 2.84. The predicted octanol–water partition coefficient (Wildman–Crippen LogP) is 0.561. The first-order valence-electron chi connectivity index (χ1n) is 6.96. The van der Waals surface area contributed by atoms with Crippen molar-refractivity contribution in [3.05, 3.63) is 0 Å². The molecule has 0 aromatic heterocycles. The van der Waals surface area contributed by atoms with Gasteiger partial charge in [0.1, 0.15) is 6.04 Å². The summed E-state index contributed by atoms with van der Waals surface area (Å²) in [6.45, 7) is 0. The van der Waals surface area contributed by atoms with Crippen molar-refractivity contribution < 1.29 is 29.3 Å². The van der Waals surface area contributed by atoms with E-state index in [4.69, 9.17) is 14.9 Å². The standard InChI is InChI=1S/C13H22N2O6/c1-21-9-6-5-8(7-9)14-13(20)15-10(12(18)19)3-2-4-11(16)17/h8-10H,2-7H2,1H3,(H,16,17)(H,18,19)(H2,14,15,20)/t8?,9?,10-/m1/s1. The second-order valence-electron chi connectivity index (χ2n) is 5.16. The Morgan fingerprint density at radius 2 is 2.00 bits per heavy atom. The van der Waals surface area contributed by atoms with Crippen LogP contribution < -0.4 is 10.6 Å². The molecule has 0 aromatic carbocycles. The lowest BCUT2D eigenvalue weighted by molar-refractivity contribution is -0.140. The van der Waals surface area contributed by atoms with E-state index in [-0.39, 0.29) is 31.4 Å². The molecule has 1 aliphatic carbocycles. The summed E-state index contributed by atoms with van der Waals surface area (Å²) in [7, 11) is 1.62. The Hall–Kier alpha value is -1.83. The van der Waals surface area contributed by atoms with Crippen molar-refractivity contribution in [2.24, 2.45) is 0 Å². The number of carboxylic acids is 2. The van der Waals surface area contributed by atoms with Crippen molar-refractivity contribution in [3.63, 3.8) is 0 Å². The number of ether oxygens (including phenoxy) is 1. The number of urea groups is 1. The van der Waals surface area contributed by atoms with Crippen LogP contribution in [-0.2, 0) is 14.3 Å². The molecule has 8 nitrogen and oxygen atoms in total. The molecule has 0 aromatic rings. The van der Waals surface area contributed by atoms with E-state index in [1.54, 1.807) is 7.11 Å². The minimum Gasteiger partial charge on any atom is -0.481 e. The first-order valence-corrected chi connectivity index (χ1v) is 6.96. The molecular formula is C13H22N2O6. The van der Waals surface area contributed by atoms with Crippen molar-refractivity contribution in [2.75, 3.05) is 7.11 Å². The van der Waals surface area contributed by atoms with Gasteiger partial charge in [-0.15, -0.1) is 0 Å². The van der Waals surface area contributed by atoms with Crippen molar-refractivity contribution in [3.8, 4) is 0 Å². The van der Waals surface area contributed by atoms with Crippen LogP contribution in [0.25, 0.3) is 0 Å². The zero-order valence-electron chi connectivity index (χ0n) is 12.0. The van der Waals surface area contributed by atoms with Gasteiger partial charge in [-0.3, -0.25) is 4.79 Å². The summed E-state index contributed by atoms with van der Waals surface area (Å²) >= 11 is 0. The fourth-order valence-corrected chi connectivity index (χ4v) is 2.39. The molecule has 1 aliphatic rings. The first kappa shape index (κ1) is 17.2. The number of aliphatic carboxylic acids is 2. The highest BCUT2D eigenvalue weighted by molar-refractivity contribution is 5.82. The summed E-state index contributed by atoms with van der Waals surface area (Å²) in [6.07, 6.45) is 2.65. The van der Waals surface area contributed by atoms with Gasteiger partial charge in [-0.2, -0.15) is 0 Å². The van der Waals surface area contributed by atoms with E-state index < -0.39 is 24.0 Å². The zero-order chi connectivity index (χ0) is 15.8. The summed E-state index contributed by atoms with van der Waals surface area (Å²) in [4.78, 5) is 33.2. The van der Waals surface area contributed by atoms with E-state index in [1.807, 2.05) is 0 Å². The summed E-state index contributed by atoms with van der Waals surface area (Å²) in [5.74, 6) is -2.16. The molecule has 3 atom stereocenters. The molecule has 120 valence electrons. The van der Waals surface area contributed by atoms with Crippen LogP contribution in [0.5, 0.6) is 0 Å². The second kappa shape index (κ2) is 8.46. The van der Waals surface area contributed by atoms with Crippen LogP contribution in [0.3, 0.4) is 0 Å². The molecule has 0 spiro atoms. The predicted molar refractivity (Wildman–Crippen MR) is 73.0 cm³/mol. The van der Waals surface area contributed by atoms with Crippen molar-refractivity contribution >= 4 is 18.0 Å². The Morgan fingerprint density at radius 1 is 1.29 bits per heavy atom. The molecule has 0 aliphatic heterocycles.